The van der Waals surface area contributed by atoms with Gasteiger partial charge in [-0.1, -0.05) is 55.4 Å². The molecule has 2 heterocycles. The van der Waals surface area contributed by atoms with Crippen molar-refractivity contribution in [1.29, 1.82) is 0 Å². The van der Waals surface area contributed by atoms with E-state index in [1.54, 1.807) is 0 Å². The number of halogens is 1. The summed E-state index contributed by atoms with van der Waals surface area (Å²) in [5.41, 5.74) is -2.31. The van der Waals surface area contributed by atoms with Gasteiger partial charge in [-0.15, -0.1) is 0 Å². The molecular formula is C26H49FN2O5Si2. The highest BCUT2D eigenvalue weighted by Crippen LogP contribution is 2.49. The third-order valence-corrected chi connectivity index (χ3v) is 17.4. The second-order valence-electron chi connectivity index (χ2n) is 13.8. The molecule has 1 N–H and O–H groups in total. The Morgan fingerprint density at radius 1 is 1.08 bits per heavy atom. The fourth-order valence-corrected chi connectivity index (χ4v) is 6.13. The summed E-state index contributed by atoms with van der Waals surface area (Å²) in [5.74, 6) is 0.361. The third kappa shape index (κ3) is 6.67. The molecule has 208 valence electrons. The van der Waals surface area contributed by atoms with Gasteiger partial charge in [0.15, 0.2) is 29.0 Å². The molecule has 1 saturated heterocycles. The largest absolute Gasteiger partial charge is 0.414 e. The molecule has 10 heteroatoms. The van der Waals surface area contributed by atoms with Crippen LogP contribution in [-0.2, 0) is 13.6 Å². The lowest BCUT2D eigenvalue weighted by molar-refractivity contribution is -0.129. The van der Waals surface area contributed by atoms with Crippen LogP contribution in [0, 0.1) is 5.92 Å². The number of hydrogen-bond donors (Lipinski definition) is 1. The van der Waals surface area contributed by atoms with Crippen molar-refractivity contribution in [3.05, 3.63) is 33.1 Å². The van der Waals surface area contributed by atoms with Crippen molar-refractivity contribution >= 4 is 16.6 Å². The van der Waals surface area contributed by atoms with Crippen LogP contribution >= 0.6 is 0 Å². The van der Waals surface area contributed by atoms with Gasteiger partial charge in [-0.25, -0.2) is 9.18 Å². The molecule has 1 aromatic rings. The molecule has 1 aliphatic heterocycles. The summed E-state index contributed by atoms with van der Waals surface area (Å²) >= 11 is 0. The van der Waals surface area contributed by atoms with Crippen LogP contribution in [-0.4, -0.2) is 50.7 Å². The lowest BCUT2D eigenvalue weighted by Gasteiger charge is -2.45. The first-order valence-electron chi connectivity index (χ1n) is 13.1. The van der Waals surface area contributed by atoms with Gasteiger partial charge in [0.2, 0.25) is 0 Å². The van der Waals surface area contributed by atoms with Crippen LogP contribution in [0.1, 0.15) is 74.5 Å². The van der Waals surface area contributed by atoms with Gasteiger partial charge >= 0.3 is 5.69 Å². The molecular weight excluding hydrogens is 495 g/mol. The van der Waals surface area contributed by atoms with Gasteiger partial charge in [0, 0.05) is 12.3 Å². The number of alkyl halides is 1. The molecule has 1 aliphatic rings. The molecule has 0 amide bonds. The van der Waals surface area contributed by atoms with E-state index in [-0.39, 0.29) is 16.7 Å². The summed E-state index contributed by atoms with van der Waals surface area (Å²) < 4.78 is 37.6. The normalized spacial score (nSPS) is 26.1. The second-order valence-corrected chi connectivity index (χ2v) is 23.4. The Morgan fingerprint density at radius 3 is 2.11 bits per heavy atom. The summed E-state index contributed by atoms with van der Waals surface area (Å²) in [7, 11) is -4.64. The van der Waals surface area contributed by atoms with Gasteiger partial charge in [-0.05, 0) is 55.0 Å². The molecule has 1 unspecified atom stereocenters. The van der Waals surface area contributed by atoms with Crippen molar-refractivity contribution in [3.63, 3.8) is 0 Å². The fourth-order valence-electron chi connectivity index (χ4n) is 3.76. The molecule has 2 rings (SSSR count). The van der Waals surface area contributed by atoms with Crippen LogP contribution in [0.25, 0.3) is 0 Å². The molecule has 36 heavy (non-hydrogen) atoms. The Balaban J connectivity index is 2.63. The van der Waals surface area contributed by atoms with E-state index in [0.29, 0.717) is 12.3 Å². The molecule has 0 aliphatic carbocycles. The van der Waals surface area contributed by atoms with Gasteiger partial charge < -0.3 is 13.6 Å². The summed E-state index contributed by atoms with van der Waals surface area (Å²) in [4.78, 5) is 26.6. The standard InChI is InChI=1S/C26H49FN2O5Si2/c1-18(2)13-15-26(17-32-35(9,10)24(3,4)5)21(34-36(11,12)25(6,7)8)20(27)22(33-26)29-16-14-19(30)28-23(29)31/h14,16,18,20-22H,13,15,17H2,1-12H3,(H,28,30,31)/t20-,21?,22-,26-/m1/s1. The van der Waals surface area contributed by atoms with Crippen LogP contribution in [0.15, 0.2) is 21.9 Å². The third-order valence-electron chi connectivity index (χ3n) is 8.42. The maximum atomic E-state index is 16.5. The number of aromatic nitrogens is 2. The highest BCUT2D eigenvalue weighted by molar-refractivity contribution is 6.74. The Morgan fingerprint density at radius 2 is 1.64 bits per heavy atom. The molecule has 0 aromatic carbocycles. The van der Waals surface area contributed by atoms with Crippen molar-refractivity contribution in [2.45, 2.75) is 129 Å². The minimum atomic E-state index is -2.43. The predicted octanol–water partition coefficient (Wildman–Crippen LogP) is 5.99. The average Bonchev–Trinajstić information content (AvgIpc) is 2.95. The van der Waals surface area contributed by atoms with Crippen molar-refractivity contribution in [2.75, 3.05) is 6.61 Å². The van der Waals surface area contributed by atoms with Gasteiger partial charge in [0.1, 0.15) is 11.7 Å². The average molecular weight is 545 g/mol. The van der Waals surface area contributed by atoms with Crippen LogP contribution in [0.5, 0.6) is 0 Å². The first kappa shape index (κ1) is 31.1. The summed E-state index contributed by atoms with van der Waals surface area (Å²) in [6, 6.07) is 1.21. The quantitative estimate of drug-likeness (QED) is 0.386. The monoisotopic (exact) mass is 544 g/mol. The Bertz CT molecular complexity index is 1010. The number of nitrogens with one attached hydrogen (secondary N) is 1. The summed E-state index contributed by atoms with van der Waals surface area (Å²) in [5, 5.41) is -0.186. The van der Waals surface area contributed by atoms with Crippen molar-refractivity contribution in [2.24, 2.45) is 5.92 Å². The fraction of sp³-hybridized carbons (Fsp3) is 0.846. The van der Waals surface area contributed by atoms with Crippen molar-refractivity contribution in [1.82, 2.24) is 9.55 Å². The zero-order valence-electron chi connectivity index (χ0n) is 24.5. The minimum absolute atomic E-state index is 0.0367. The second kappa shape index (κ2) is 10.6. The SMILES string of the molecule is CC(C)CC[C@]1(CO[Si](C)(C)C(C)(C)C)O[C@@H](n2ccc(=O)[nH]c2=O)[C@H](F)C1O[Si](C)(C)C(C)(C)C. The maximum absolute atomic E-state index is 16.5. The van der Waals surface area contributed by atoms with E-state index in [2.05, 4.69) is 86.6 Å². The van der Waals surface area contributed by atoms with Crippen LogP contribution in [0.4, 0.5) is 4.39 Å². The van der Waals surface area contributed by atoms with Crippen molar-refractivity contribution in [3.8, 4) is 0 Å². The molecule has 0 radical (unpaired) electrons. The van der Waals surface area contributed by atoms with E-state index in [9.17, 15) is 9.59 Å². The maximum Gasteiger partial charge on any atom is 0.330 e. The Hall–Kier alpha value is -1.08. The van der Waals surface area contributed by atoms with Gasteiger partial charge in [-0.2, -0.15) is 0 Å². The Kier molecular flexibility index (Phi) is 9.16. The predicted molar refractivity (Wildman–Crippen MR) is 148 cm³/mol. The zero-order valence-corrected chi connectivity index (χ0v) is 26.5. The van der Waals surface area contributed by atoms with E-state index >= 15 is 4.39 Å². The van der Waals surface area contributed by atoms with Crippen LogP contribution < -0.4 is 11.2 Å². The van der Waals surface area contributed by atoms with Crippen LogP contribution in [0.2, 0.25) is 36.3 Å². The highest BCUT2D eigenvalue weighted by atomic mass is 28.4. The Labute approximate surface area is 218 Å². The molecule has 0 spiro atoms. The molecule has 0 bridgehead atoms. The first-order chi connectivity index (χ1) is 16.1. The highest BCUT2D eigenvalue weighted by Gasteiger charge is 2.60. The molecule has 4 atom stereocenters. The van der Waals surface area contributed by atoms with Gasteiger partial charge in [-0.3, -0.25) is 14.3 Å². The van der Waals surface area contributed by atoms with Gasteiger partial charge in [0.25, 0.3) is 5.56 Å². The summed E-state index contributed by atoms with van der Waals surface area (Å²) in [6.45, 7) is 25.8. The number of ether oxygens (including phenoxy) is 1. The number of nitrogens with zero attached hydrogens (tertiary/aromatic N) is 1. The molecule has 1 fully saturated rings. The molecule has 7 nitrogen and oxygen atoms in total. The summed E-state index contributed by atoms with van der Waals surface area (Å²) in [6.07, 6.45) is -1.12. The van der Waals surface area contributed by atoms with Gasteiger partial charge in [0.05, 0.1) is 6.61 Å². The van der Waals surface area contributed by atoms with E-state index in [1.165, 1.54) is 12.3 Å². The zero-order chi connectivity index (χ0) is 27.9. The van der Waals surface area contributed by atoms with Crippen molar-refractivity contribution < 1.29 is 18.0 Å². The van der Waals surface area contributed by atoms with E-state index in [0.717, 1.165) is 11.0 Å². The lowest BCUT2D eigenvalue weighted by Crippen LogP contribution is -2.56. The number of hydrogen-bond acceptors (Lipinski definition) is 5. The number of aromatic amines is 1. The van der Waals surface area contributed by atoms with E-state index in [1.807, 2.05) is 0 Å². The van der Waals surface area contributed by atoms with E-state index in [4.69, 9.17) is 13.6 Å². The minimum Gasteiger partial charge on any atom is -0.414 e. The lowest BCUT2D eigenvalue weighted by atomic mass is 9.89. The smallest absolute Gasteiger partial charge is 0.330 e. The topological polar surface area (TPSA) is 82.5 Å². The number of H-pyrrole nitrogens is 1. The number of rotatable bonds is 9. The first-order valence-corrected chi connectivity index (χ1v) is 18.9. The van der Waals surface area contributed by atoms with Crippen LogP contribution in [0.3, 0.4) is 0 Å². The van der Waals surface area contributed by atoms with E-state index < -0.39 is 52.0 Å². The molecule has 0 saturated carbocycles. The molecule has 1 aromatic heterocycles.